The number of hydrogen-bond acceptors (Lipinski definition) is 5. The van der Waals surface area contributed by atoms with Gasteiger partial charge in [-0.2, -0.15) is 0 Å². The summed E-state index contributed by atoms with van der Waals surface area (Å²) < 4.78 is 10.3. The van der Waals surface area contributed by atoms with Crippen LogP contribution in [-0.2, 0) is 26.1 Å². The summed E-state index contributed by atoms with van der Waals surface area (Å²) >= 11 is 0. The fourth-order valence-corrected chi connectivity index (χ4v) is 2.28. The Morgan fingerprint density at radius 3 is 2.57 bits per heavy atom. The van der Waals surface area contributed by atoms with Crippen LogP contribution in [0, 0.1) is 6.92 Å². The van der Waals surface area contributed by atoms with Crippen LogP contribution in [-0.4, -0.2) is 38.1 Å². The molecule has 0 unspecified atom stereocenters. The Morgan fingerprint density at radius 2 is 1.96 bits per heavy atom. The van der Waals surface area contributed by atoms with Crippen LogP contribution < -0.4 is 5.32 Å². The summed E-state index contributed by atoms with van der Waals surface area (Å²) in [6.07, 6.45) is 0.917. The molecule has 0 amide bonds. The number of phenols is 1. The van der Waals surface area contributed by atoms with E-state index in [0.717, 1.165) is 16.7 Å². The van der Waals surface area contributed by atoms with Crippen LogP contribution in [0.3, 0.4) is 0 Å². The van der Waals surface area contributed by atoms with Crippen LogP contribution >= 0.6 is 0 Å². The maximum Gasteiger partial charge on any atom is 0.306 e. The van der Waals surface area contributed by atoms with E-state index >= 15 is 0 Å². The minimum Gasteiger partial charge on any atom is -0.507 e. The second kappa shape index (κ2) is 8.89. The predicted octanol–water partition coefficient (Wildman–Crippen LogP) is 2.67. The largest absolute Gasteiger partial charge is 0.507 e. The van der Waals surface area contributed by atoms with Gasteiger partial charge in [-0.25, -0.2) is 0 Å². The SMILES string of the molecule is CNCOCCOC(=O)CCc1cc(C)c(O)c(C(C)(C)C)c1. The second-order valence-corrected chi connectivity index (χ2v) is 6.69. The molecular formula is C18H29NO4. The number of nitrogens with one attached hydrogen (secondary N) is 1. The molecular weight excluding hydrogens is 294 g/mol. The van der Waals surface area contributed by atoms with Gasteiger partial charge in [-0.3, -0.25) is 10.1 Å². The van der Waals surface area contributed by atoms with Crippen molar-refractivity contribution in [1.29, 1.82) is 0 Å². The lowest BCUT2D eigenvalue weighted by Crippen LogP contribution is -2.16. The third kappa shape index (κ3) is 6.59. The van der Waals surface area contributed by atoms with Crippen molar-refractivity contribution in [3.8, 4) is 5.75 Å². The summed E-state index contributed by atoms with van der Waals surface area (Å²) in [6, 6.07) is 3.90. The first kappa shape index (κ1) is 19.5. The van der Waals surface area contributed by atoms with Gasteiger partial charge in [0.2, 0.25) is 0 Å². The lowest BCUT2D eigenvalue weighted by Gasteiger charge is -2.22. The van der Waals surface area contributed by atoms with Crippen molar-refractivity contribution in [1.82, 2.24) is 5.32 Å². The van der Waals surface area contributed by atoms with Crippen LogP contribution in [0.15, 0.2) is 12.1 Å². The topological polar surface area (TPSA) is 67.8 Å². The summed E-state index contributed by atoms with van der Waals surface area (Å²) in [5, 5.41) is 13.1. The number of hydrogen-bond donors (Lipinski definition) is 2. The second-order valence-electron chi connectivity index (χ2n) is 6.69. The molecule has 0 aliphatic heterocycles. The van der Waals surface area contributed by atoms with E-state index in [4.69, 9.17) is 9.47 Å². The molecule has 2 N–H and O–H groups in total. The maximum absolute atomic E-state index is 11.7. The average Bonchev–Trinajstić information content (AvgIpc) is 2.47. The Kier molecular flexibility index (Phi) is 7.52. The van der Waals surface area contributed by atoms with Crippen molar-refractivity contribution in [2.45, 2.75) is 46.0 Å². The van der Waals surface area contributed by atoms with Gasteiger partial charge >= 0.3 is 5.97 Å². The number of phenolic OH excluding ortho intramolecular Hbond substituents is 1. The molecule has 5 heteroatoms. The molecule has 0 heterocycles. The highest BCUT2D eigenvalue weighted by molar-refractivity contribution is 5.69. The van der Waals surface area contributed by atoms with Crippen molar-refractivity contribution in [3.05, 3.63) is 28.8 Å². The number of carbonyl (C=O) groups excluding carboxylic acids is 1. The number of aryl methyl sites for hydroxylation is 2. The monoisotopic (exact) mass is 323 g/mol. The summed E-state index contributed by atoms with van der Waals surface area (Å²) in [6.45, 7) is 9.16. The molecule has 0 saturated heterocycles. The van der Waals surface area contributed by atoms with Crippen LogP contribution in [0.2, 0.25) is 0 Å². The van der Waals surface area contributed by atoms with Crippen LogP contribution in [0.5, 0.6) is 5.75 Å². The van der Waals surface area contributed by atoms with E-state index < -0.39 is 0 Å². The number of benzene rings is 1. The zero-order valence-corrected chi connectivity index (χ0v) is 14.9. The molecule has 1 rings (SSSR count). The van der Waals surface area contributed by atoms with Gasteiger partial charge in [0.15, 0.2) is 0 Å². The Balaban J connectivity index is 2.55. The first-order valence-corrected chi connectivity index (χ1v) is 7.96. The fourth-order valence-electron chi connectivity index (χ4n) is 2.28. The van der Waals surface area contributed by atoms with Crippen LogP contribution in [0.1, 0.15) is 43.9 Å². The molecule has 0 aliphatic rings. The van der Waals surface area contributed by atoms with Crippen molar-refractivity contribution in [2.75, 3.05) is 27.0 Å². The van der Waals surface area contributed by atoms with Gasteiger partial charge in [-0.1, -0.05) is 32.9 Å². The third-order valence-electron chi connectivity index (χ3n) is 3.52. The van der Waals surface area contributed by atoms with Gasteiger partial charge in [0.05, 0.1) is 13.3 Å². The number of aromatic hydroxyl groups is 1. The maximum atomic E-state index is 11.7. The molecule has 1 aromatic rings. The van der Waals surface area contributed by atoms with Gasteiger partial charge < -0.3 is 14.6 Å². The minimum absolute atomic E-state index is 0.143. The van der Waals surface area contributed by atoms with Gasteiger partial charge in [0.1, 0.15) is 12.4 Å². The molecule has 0 bridgehead atoms. The molecule has 0 saturated carbocycles. The average molecular weight is 323 g/mol. The smallest absolute Gasteiger partial charge is 0.306 e. The Hall–Kier alpha value is -1.59. The quantitative estimate of drug-likeness (QED) is 0.437. The standard InChI is InChI=1S/C18H29NO4/c1-13-10-14(11-15(17(13)21)18(2,3)4)6-7-16(20)23-9-8-22-12-19-5/h10-11,19,21H,6-9,12H2,1-5H3. The third-order valence-corrected chi connectivity index (χ3v) is 3.52. The number of rotatable bonds is 8. The van der Waals surface area contributed by atoms with Crippen molar-refractivity contribution >= 4 is 5.97 Å². The highest BCUT2D eigenvalue weighted by Crippen LogP contribution is 2.34. The van der Waals surface area contributed by atoms with E-state index in [9.17, 15) is 9.90 Å². The summed E-state index contributed by atoms with van der Waals surface area (Å²) in [4.78, 5) is 11.7. The van der Waals surface area contributed by atoms with Crippen molar-refractivity contribution < 1.29 is 19.4 Å². The van der Waals surface area contributed by atoms with Gasteiger partial charge in [-0.05, 0) is 42.5 Å². The zero-order chi connectivity index (χ0) is 17.5. The highest BCUT2D eigenvalue weighted by Gasteiger charge is 2.20. The summed E-state index contributed by atoms with van der Waals surface area (Å²) in [7, 11) is 1.79. The molecule has 0 aromatic heterocycles. The number of esters is 1. The van der Waals surface area contributed by atoms with Crippen molar-refractivity contribution in [2.24, 2.45) is 0 Å². The van der Waals surface area contributed by atoms with Gasteiger partial charge in [0, 0.05) is 6.42 Å². The van der Waals surface area contributed by atoms with Gasteiger partial charge in [-0.15, -0.1) is 0 Å². The molecule has 1 aromatic carbocycles. The normalized spacial score (nSPS) is 11.5. The lowest BCUT2D eigenvalue weighted by molar-refractivity contribution is -0.145. The summed E-state index contributed by atoms with van der Waals surface area (Å²) in [5.74, 6) is 0.103. The lowest BCUT2D eigenvalue weighted by atomic mass is 9.83. The van der Waals surface area contributed by atoms with Crippen molar-refractivity contribution in [3.63, 3.8) is 0 Å². The molecule has 130 valence electrons. The highest BCUT2D eigenvalue weighted by atomic mass is 16.6. The Bertz CT molecular complexity index is 520. The van der Waals surface area contributed by atoms with E-state index in [1.54, 1.807) is 7.05 Å². The van der Waals surface area contributed by atoms with E-state index in [2.05, 4.69) is 26.1 Å². The Labute approximate surface area is 139 Å². The van der Waals surface area contributed by atoms with E-state index in [1.165, 1.54) is 0 Å². The predicted molar refractivity (Wildman–Crippen MR) is 90.7 cm³/mol. The molecule has 0 spiro atoms. The number of carbonyl (C=O) groups is 1. The van der Waals surface area contributed by atoms with Crippen LogP contribution in [0.4, 0.5) is 0 Å². The molecule has 0 atom stereocenters. The first-order valence-electron chi connectivity index (χ1n) is 7.96. The molecule has 0 radical (unpaired) electrons. The molecule has 23 heavy (non-hydrogen) atoms. The van der Waals surface area contributed by atoms with E-state index in [0.29, 0.717) is 31.9 Å². The first-order chi connectivity index (χ1) is 10.8. The minimum atomic E-state index is -0.235. The fraction of sp³-hybridized carbons (Fsp3) is 0.611. The zero-order valence-electron chi connectivity index (χ0n) is 14.9. The van der Waals surface area contributed by atoms with Crippen LogP contribution in [0.25, 0.3) is 0 Å². The van der Waals surface area contributed by atoms with E-state index in [1.807, 2.05) is 19.1 Å². The molecule has 5 nitrogen and oxygen atoms in total. The molecule has 0 aliphatic carbocycles. The molecule has 0 fully saturated rings. The summed E-state index contributed by atoms with van der Waals surface area (Å²) in [5.41, 5.74) is 2.63. The Morgan fingerprint density at radius 1 is 1.26 bits per heavy atom. The number of ether oxygens (including phenoxy) is 2. The van der Waals surface area contributed by atoms with Gasteiger partial charge in [0.25, 0.3) is 0 Å². The van der Waals surface area contributed by atoms with E-state index in [-0.39, 0.29) is 18.0 Å².